The minimum atomic E-state index is -0.920. The monoisotopic (exact) mass is 235 g/mol. The lowest BCUT2D eigenvalue weighted by molar-refractivity contribution is -0.143. The van der Waals surface area contributed by atoms with Crippen LogP contribution in [0.5, 0.6) is 0 Å². The number of carboxylic acid groups (broad SMARTS) is 1. The molecule has 0 amide bonds. The Morgan fingerprint density at radius 2 is 1.94 bits per heavy atom. The molecule has 0 fully saturated rings. The minimum absolute atomic E-state index is 0.149. The van der Waals surface area contributed by atoms with E-state index in [0.29, 0.717) is 6.42 Å². The van der Waals surface area contributed by atoms with Crippen LogP contribution in [0.25, 0.3) is 0 Å². The van der Waals surface area contributed by atoms with Crippen molar-refractivity contribution in [2.24, 2.45) is 5.73 Å². The van der Waals surface area contributed by atoms with Crippen LogP contribution >= 0.6 is 0 Å². The first-order chi connectivity index (χ1) is 8.17. The van der Waals surface area contributed by atoms with Crippen LogP contribution < -0.4 is 5.73 Å². The fourth-order valence-corrected chi connectivity index (χ4v) is 2.12. The fraction of sp³-hybridized carbons (Fsp3) is 0.500. The molecule has 1 aromatic rings. The summed E-state index contributed by atoms with van der Waals surface area (Å²) in [6.07, 6.45) is 3.63. The number of benzene rings is 1. The van der Waals surface area contributed by atoms with Crippen molar-refractivity contribution in [3.63, 3.8) is 0 Å². The number of carbonyl (C=O) groups is 1. The van der Waals surface area contributed by atoms with Gasteiger partial charge in [-0.25, -0.2) is 0 Å². The van der Waals surface area contributed by atoms with Gasteiger partial charge in [-0.2, -0.15) is 0 Å². The van der Waals surface area contributed by atoms with Crippen molar-refractivity contribution < 1.29 is 9.90 Å². The van der Waals surface area contributed by atoms with Crippen LogP contribution in [-0.4, -0.2) is 17.6 Å². The highest BCUT2D eigenvalue weighted by Gasteiger charge is 2.38. The molecule has 94 valence electrons. The summed E-state index contributed by atoms with van der Waals surface area (Å²) in [6, 6.07) is 9.32. The largest absolute Gasteiger partial charge is 0.481 e. The van der Waals surface area contributed by atoms with Crippen LogP contribution in [0, 0.1) is 0 Å². The number of nitrogens with two attached hydrogens (primary N) is 1. The van der Waals surface area contributed by atoms with E-state index in [4.69, 9.17) is 5.73 Å². The van der Waals surface area contributed by atoms with E-state index in [9.17, 15) is 9.90 Å². The average Bonchev–Trinajstić information content (AvgIpc) is 2.36. The zero-order valence-electron chi connectivity index (χ0n) is 10.4. The highest BCUT2D eigenvalue weighted by atomic mass is 16.4. The predicted molar refractivity (Wildman–Crippen MR) is 69.0 cm³/mol. The molecule has 0 saturated heterocycles. The molecule has 1 rings (SSSR count). The summed E-state index contributed by atoms with van der Waals surface area (Å²) >= 11 is 0. The average molecular weight is 235 g/mol. The third-order valence-corrected chi connectivity index (χ3v) is 3.29. The van der Waals surface area contributed by atoms with Crippen molar-refractivity contribution in [2.45, 2.75) is 38.0 Å². The molecule has 0 radical (unpaired) electrons. The Bertz CT molecular complexity index is 350. The molecule has 0 heterocycles. The molecule has 0 spiro atoms. The quantitative estimate of drug-likeness (QED) is 0.714. The molecule has 0 aliphatic rings. The second-order valence-electron chi connectivity index (χ2n) is 4.41. The molecule has 17 heavy (non-hydrogen) atoms. The Morgan fingerprint density at radius 3 is 2.41 bits per heavy atom. The number of hydrogen-bond acceptors (Lipinski definition) is 2. The summed E-state index contributed by atoms with van der Waals surface area (Å²) in [6.45, 7) is 2.25. The fourth-order valence-electron chi connectivity index (χ4n) is 2.12. The summed E-state index contributed by atoms with van der Waals surface area (Å²) in [5.74, 6) is -0.817. The molecule has 0 aromatic heterocycles. The molecular weight excluding hydrogens is 214 g/mol. The van der Waals surface area contributed by atoms with E-state index in [1.54, 1.807) is 0 Å². The lowest BCUT2D eigenvalue weighted by Crippen LogP contribution is -2.43. The van der Waals surface area contributed by atoms with E-state index in [0.717, 1.165) is 24.8 Å². The third kappa shape index (κ3) is 3.07. The minimum Gasteiger partial charge on any atom is -0.481 e. The molecule has 0 bridgehead atoms. The van der Waals surface area contributed by atoms with Crippen molar-refractivity contribution in [1.82, 2.24) is 0 Å². The summed E-state index contributed by atoms with van der Waals surface area (Å²) in [5, 5.41) is 9.50. The van der Waals surface area contributed by atoms with E-state index in [2.05, 4.69) is 6.92 Å². The number of rotatable bonds is 7. The first-order valence-electron chi connectivity index (χ1n) is 6.16. The van der Waals surface area contributed by atoms with Gasteiger partial charge >= 0.3 is 5.97 Å². The summed E-state index contributed by atoms with van der Waals surface area (Å²) in [7, 11) is 0. The van der Waals surface area contributed by atoms with E-state index in [1.165, 1.54) is 0 Å². The SMILES string of the molecule is CCCCCC(CN)(C(=O)O)c1ccccc1. The smallest absolute Gasteiger partial charge is 0.315 e. The number of carboxylic acids is 1. The van der Waals surface area contributed by atoms with Gasteiger partial charge < -0.3 is 10.8 Å². The Kier molecular flexibility index (Phi) is 5.16. The molecule has 0 saturated carbocycles. The Labute approximate surface area is 103 Å². The first-order valence-corrected chi connectivity index (χ1v) is 6.16. The Balaban J connectivity index is 2.97. The van der Waals surface area contributed by atoms with Crippen molar-refractivity contribution in [3.8, 4) is 0 Å². The number of unbranched alkanes of at least 4 members (excludes halogenated alkanes) is 2. The zero-order chi connectivity index (χ0) is 12.7. The standard InChI is InChI=1S/C14H21NO2/c1-2-3-7-10-14(11-15,13(16)17)12-8-5-4-6-9-12/h4-6,8-9H,2-3,7,10-11,15H2,1H3,(H,16,17). The Morgan fingerprint density at radius 1 is 1.29 bits per heavy atom. The van der Waals surface area contributed by atoms with Crippen molar-refractivity contribution >= 4 is 5.97 Å². The van der Waals surface area contributed by atoms with E-state index in [1.807, 2.05) is 30.3 Å². The third-order valence-electron chi connectivity index (χ3n) is 3.29. The molecule has 3 nitrogen and oxygen atoms in total. The van der Waals surface area contributed by atoms with E-state index >= 15 is 0 Å². The maximum atomic E-state index is 11.6. The van der Waals surface area contributed by atoms with Gasteiger partial charge in [0.2, 0.25) is 0 Å². The second kappa shape index (κ2) is 6.40. The van der Waals surface area contributed by atoms with Gasteiger partial charge in [0.05, 0.1) is 0 Å². The van der Waals surface area contributed by atoms with Gasteiger partial charge in [-0.05, 0) is 12.0 Å². The van der Waals surface area contributed by atoms with E-state index < -0.39 is 11.4 Å². The molecule has 3 heteroatoms. The van der Waals surface area contributed by atoms with Crippen LogP contribution in [0.15, 0.2) is 30.3 Å². The van der Waals surface area contributed by atoms with Crippen LogP contribution in [0.4, 0.5) is 0 Å². The lowest BCUT2D eigenvalue weighted by atomic mass is 9.76. The lowest BCUT2D eigenvalue weighted by Gasteiger charge is -2.28. The van der Waals surface area contributed by atoms with Crippen molar-refractivity contribution in [2.75, 3.05) is 6.54 Å². The van der Waals surface area contributed by atoms with Gasteiger partial charge in [0.15, 0.2) is 0 Å². The van der Waals surface area contributed by atoms with Gasteiger partial charge in [-0.3, -0.25) is 4.79 Å². The molecule has 1 unspecified atom stereocenters. The van der Waals surface area contributed by atoms with Crippen molar-refractivity contribution in [1.29, 1.82) is 0 Å². The normalized spacial score (nSPS) is 14.2. The summed E-state index contributed by atoms with van der Waals surface area (Å²) in [5.41, 5.74) is 5.63. The molecule has 1 aromatic carbocycles. The van der Waals surface area contributed by atoms with Gasteiger partial charge in [-0.1, -0.05) is 56.5 Å². The van der Waals surface area contributed by atoms with Gasteiger partial charge in [0, 0.05) is 6.54 Å². The molecule has 3 N–H and O–H groups in total. The summed E-state index contributed by atoms with van der Waals surface area (Å²) in [4.78, 5) is 11.6. The Hall–Kier alpha value is -1.35. The zero-order valence-corrected chi connectivity index (χ0v) is 10.4. The van der Waals surface area contributed by atoms with Gasteiger partial charge in [0.25, 0.3) is 0 Å². The first kappa shape index (κ1) is 13.7. The van der Waals surface area contributed by atoms with Crippen LogP contribution in [0.1, 0.15) is 38.2 Å². The van der Waals surface area contributed by atoms with Crippen molar-refractivity contribution in [3.05, 3.63) is 35.9 Å². The second-order valence-corrected chi connectivity index (χ2v) is 4.41. The maximum absolute atomic E-state index is 11.6. The van der Waals surface area contributed by atoms with Crippen LogP contribution in [0.2, 0.25) is 0 Å². The van der Waals surface area contributed by atoms with Crippen LogP contribution in [-0.2, 0) is 10.2 Å². The molecule has 1 atom stereocenters. The van der Waals surface area contributed by atoms with Gasteiger partial charge in [0.1, 0.15) is 5.41 Å². The van der Waals surface area contributed by atoms with E-state index in [-0.39, 0.29) is 6.54 Å². The topological polar surface area (TPSA) is 63.3 Å². The van der Waals surface area contributed by atoms with Gasteiger partial charge in [-0.15, -0.1) is 0 Å². The predicted octanol–water partition coefficient (Wildman–Crippen LogP) is 2.55. The molecule has 0 aliphatic heterocycles. The highest BCUT2D eigenvalue weighted by molar-refractivity contribution is 5.81. The molecular formula is C14H21NO2. The summed E-state index contributed by atoms with van der Waals surface area (Å²) < 4.78 is 0. The van der Waals surface area contributed by atoms with Crippen LogP contribution in [0.3, 0.4) is 0 Å². The maximum Gasteiger partial charge on any atom is 0.315 e. The highest BCUT2D eigenvalue weighted by Crippen LogP contribution is 2.29. The molecule has 0 aliphatic carbocycles. The number of hydrogen-bond donors (Lipinski definition) is 2. The number of aliphatic carboxylic acids is 1.